The van der Waals surface area contributed by atoms with Crippen molar-refractivity contribution >= 4 is 11.9 Å². The zero-order chi connectivity index (χ0) is 16.8. The number of nitrogens with zero attached hydrogens (tertiary/aromatic N) is 4. The zero-order valence-electron chi connectivity index (χ0n) is 13.5. The third-order valence-corrected chi connectivity index (χ3v) is 2.99. The largest absolute Gasteiger partial charge is 0.496 e. The fourth-order valence-electron chi connectivity index (χ4n) is 1.84. The van der Waals surface area contributed by atoms with E-state index in [1.165, 1.54) is 14.2 Å². The number of nitrogens with one attached hydrogen (secondary N) is 1. The van der Waals surface area contributed by atoms with Crippen LogP contribution in [0.25, 0.3) is 0 Å². The Morgan fingerprint density at radius 1 is 1.13 bits per heavy atom. The normalized spacial score (nSPS) is 10.1. The summed E-state index contributed by atoms with van der Waals surface area (Å²) >= 11 is 0. The van der Waals surface area contributed by atoms with Crippen molar-refractivity contribution in [3.05, 3.63) is 35.7 Å². The van der Waals surface area contributed by atoms with Gasteiger partial charge in [0.2, 0.25) is 5.95 Å². The van der Waals surface area contributed by atoms with Crippen molar-refractivity contribution in [2.24, 2.45) is 0 Å². The van der Waals surface area contributed by atoms with Gasteiger partial charge in [-0.05, 0) is 12.1 Å². The van der Waals surface area contributed by atoms with E-state index < -0.39 is 0 Å². The summed E-state index contributed by atoms with van der Waals surface area (Å²) in [5.74, 6) is 1.10. The van der Waals surface area contributed by atoms with Crippen LogP contribution in [0, 0.1) is 0 Å². The second-order valence-corrected chi connectivity index (χ2v) is 4.82. The number of methoxy groups -OCH3 is 2. The van der Waals surface area contributed by atoms with Crippen molar-refractivity contribution in [3.8, 4) is 11.8 Å². The molecular weight excluding hydrogens is 298 g/mol. The lowest BCUT2D eigenvalue weighted by Crippen LogP contribution is -2.25. The average Bonchev–Trinajstić information content (AvgIpc) is 2.59. The maximum atomic E-state index is 12.3. The SMILES string of the molecule is COc1nc(CNC(=O)c2ccccc2OC)nc(N(C)C)n1. The number of anilines is 1. The summed E-state index contributed by atoms with van der Waals surface area (Å²) in [6.45, 7) is 0.149. The van der Waals surface area contributed by atoms with Gasteiger partial charge in [0.1, 0.15) is 5.75 Å². The Labute approximate surface area is 134 Å². The average molecular weight is 317 g/mol. The van der Waals surface area contributed by atoms with Gasteiger partial charge in [-0.15, -0.1) is 0 Å². The van der Waals surface area contributed by atoms with Crippen LogP contribution in [0.4, 0.5) is 5.95 Å². The van der Waals surface area contributed by atoms with Crippen LogP contribution in [0.3, 0.4) is 0 Å². The molecule has 0 aliphatic rings. The van der Waals surface area contributed by atoms with E-state index in [1.807, 2.05) is 14.1 Å². The number of benzene rings is 1. The molecule has 1 heterocycles. The molecule has 0 aliphatic carbocycles. The summed E-state index contributed by atoms with van der Waals surface area (Å²) < 4.78 is 10.2. The molecule has 0 spiro atoms. The minimum Gasteiger partial charge on any atom is -0.496 e. The molecule has 0 unspecified atom stereocenters. The Bertz CT molecular complexity index is 691. The predicted molar refractivity (Wildman–Crippen MR) is 84.9 cm³/mol. The van der Waals surface area contributed by atoms with Gasteiger partial charge >= 0.3 is 6.01 Å². The number of carbonyl (C=O) groups excluding carboxylic acids is 1. The highest BCUT2D eigenvalue weighted by molar-refractivity contribution is 5.96. The van der Waals surface area contributed by atoms with Gasteiger partial charge in [0.15, 0.2) is 5.82 Å². The van der Waals surface area contributed by atoms with Crippen LogP contribution in [-0.2, 0) is 6.54 Å². The lowest BCUT2D eigenvalue weighted by atomic mass is 10.2. The Morgan fingerprint density at radius 3 is 2.52 bits per heavy atom. The Kier molecular flexibility index (Phi) is 5.29. The van der Waals surface area contributed by atoms with Crippen LogP contribution in [0.2, 0.25) is 0 Å². The quantitative estimate of drug-likeness (QED) is 0.846. The van der Waals surface area contributed by atoms with Crippen molar-refractivity contribution in [1.29, 1.82) is 0 Å². The smallest absolute Gasteiger partial charge is 0.321 e. The summed E-state index contributed by atoms with van der Waals surface area (Å²) in [6, 6.07) is 7.19. The molecule has 0 atom stereocenters. The van der Waals surface area contributed by atoms with Crippen LogP contribution in [0.15, 0.2) is 24.3 Å². The Hall–Kier alpha value is -2.90. The first-order valence-corrected chi connectivity index (χ1v) is 6.92. The first-order chi connectivity index (χ1) is 11.0. The highest BCUT2D eigenvalue weighted by atomic mass is 16.5. The molecule has 1 aromatic heterocycles. The minimum atomic E-state index is -0.270. The van der Waals surface area contributed by atoms with Gasteiger partial charge < -0.3 is 19.7 Å². The van der Waals surface area contributed by atoms with Gasteiger partial charge in [-0.1, -0.05) is 12.1 Å². The van der Waals surface area contributed by atoms with Crippen LogP contribution >= 0.6 is 0 Å². The van der Waals surface area contributed by atoms with E-state index in [9.17, 15) is 4.79 Å². The summed E-state index contributed by atoms with van der Waals surface area (Å²) in [5, 5.41) is 2.76. The molecular formula is C15H19N5O3. The number of aromatic nitrogens is 3. The lowest BCUT2D eigenvalue weighted by Gasteiger charge is -2.13. The Balaban J connectivity index is 2.14. The van der Waals surface area contributed by atoms with Crippen molar-refractivity contribution < 1.29 is 14.3 Å². The fourth-order valence-corrected chi connectivity index (χ4v) is 1.84. The van der Waals surface area contributed by atoms with Crippen LogP contribution in [0.5, 0.6) is 11.8 Å². The summed E-state index contributed by atoms with van der Waals surface area (Å²) in [5.41, 5.74) is 0.448. The van der Waals surface area contributed by atoms with Gasteiger partial charge in [0.25, 0.3) is 5.91 Å². The van der Waals surface area contributed by atoms with E-state index >= 15 is 0 Å². The second kappa shape index (κ2) is 7.39. The van der Waals surface area contributed by atoms with Crippen LogP contribution in [-0.4, -0.2) is 49.2 Å². The van der Waals surface area contributed by atoms with E-state index in [1.54, 1.807) is 29.2 Å². The van der Waals surface area contributed by atoms with Gasteiger partial charge in [0, 0.05) is 14.1 Å². The maximum absolute atomic E-state index is 12.3. The van der Waals surface area contributed by atoms with Gasteiger partial charge in [0.05, 0.1) is 26.3 Å². The van der Waals surface area contributed by atoms with E-state index in [-0.39, 0.29) is 18.5 Å². The molecule has 0 bridgehead atoms. The van der Waals surface area contributed by atoms with E-state index in [0.717, 1.165) is 0 Å². The third-order valence-electron chi connectivity index (χ3n) is 2.99. The number of para-hydroxylation sites is 1. The van der Waals surface area contributed by atoms with Crippen molar-refractivity contribution in [3.63, 3.8) is 0 Å². The standard InChI is InChI=1S/C15H19N5O3/c1-20(2)14-17-12(18-15(19-14)23-4)9-16-13(21)10-7-5-6-8-11(10)22-3/h5-8H,9H2,1-4H3,(H,16,21). The fraction of sp³-hybridized carbons (Fsp3) is 0.333. The molecule has 8 heteroatoms. The molecule has 0 radical (unpaired) electrons. The molecule has 1 amide bonds. The molecule has 0 aliphatic heterocycles. The first kappa shape index (κ1) is 16.5. The molecule has 1 aromatic carbocycles. The number of hydrogen-bond donors (Lipinski definition) is 1. The monoisotopic (exact) mass is 317 g/mol. The summed E-state index contributed by atoms with van der Waals surface area (Å²) in [6.07, 6.45) is 0. The van der Waals surface area contributed by atoms with Crippen molar-refractivity contribution in [2.45, 2.75) is 6.54 Å². The molecule has 122 valence electrons. The molecule has 0 saturated heterocycles. The lowest BCUT2D eigenvalue weighted by molar-refractivity contribution is 0.0946. The molecule has 8 nitrogen and oxygen atoms in total. The highest BCUT2D eigenvalue weighted by Gasteiger charge is 2.13. The van der Waals surface area contributed by atoms with Gasteiger partial charge in [-0.2, -0.15) is 15.0 Å². The van der Waals surface area contributed by atoms with Crippen molar-refractivity contribution in [2.75, 3.05) is 33.2 Å². The van der Waals surface area contributed by atoms with Crippen LogP contribution in [0.1, 0.15) is 16.2 Å². The molecule has 1 N–H and O–H groups in total. The summed E-state index contributed by atoms with van der Waals surface area (Å²) in [4.78, 5) is 26.5. The third kappa shape index (κ3) is 4.06. The van der Waals surface area contributed by atoms with Gasteiger partial charge in [-0.3, -0.25) is 4.79 Å². The molecule has 2 aromatic rings. The first-order valence-electron chi connectivity index (χ1n) is 6.92. The number of amides is 1. The minimum absolute atomic E-state index is 0.149. The number of hydrogen-bond acceptors (Lipinski definition) is 7. The number of rotatable bonds is 6. The molecule has 0 fully saturated rings. The van der Waals surface area contributed by atoms with Crippen molar-refractivity contribution in [1.82, 2.24) is 20.3 Å². The predicted octanol–water partition coefficient (Wildman–Crippen LogP) is 0.885. The highest BCUT2D eigenvalue weighted by Crippen LogP contribution is 2.17. The topological polar surface area (TPSA) is 89.5 Å². The molecule has 2 rings (SSSR count). The molecule has 0 saturated carbocycles. The molecule has 23 heavy (non-hydrogen) atoms. The van der Waals surface area contributed by atoms with E-state index in [0.29, 0.717) is 23.1 Å². The number of ether oxygens (including phenoxy) is 2. The number of carbonyl (C=O) groups is 1. The Morgan fingerprint density at radius 2 is 1.87 bits per heavy atom. The van der Waals surface area contributed by atoms with Crippen LogP contribution < -0.4 is 19.7 Å². The van der Waals surface area contributed by atoms with Gasteiger partial charge in [-0.25, -0.2) is 0 Å². The van der Waals surface area contributed by atoms with E-state index in [4.69, 9.17) is 9.47 Å². The zero-order valence-corrected chi connectivity index (χ0v) is 13.5. The maximum Gasteiger partial charge on any atom is 0.321 e. The van der Waals surface area contributed by atoms with E-state index in [2.05, 4.69) is 20.3 Å². The summed E-state index contributed by atoms with van der Waals surface area (Å²) in [7, 11) is 6.62. The second-order valence-electron chi connectivity index (χ2n) is 4.82.